The van der Waals surface area contributed by atoms with Gasteiger partial charge in [-0.15, -0.1) is 13.2 Å². The Bertz CT molecular complexity index is 1070. The SMILES string of the molecule is CN(C)Cc1cc(Cl)cc(C(=O)Nc2nc3ccc(OC(F)(F)F)cc3s2)c1O. The summed E-state index contributed by atoms with van der Waals surface area (Å²) in [5.41, 5.74) is 0.837. The highest BCUT2D eigenvalue weighted by atomic mass is 35.5. The summed E-state index contributed by atoms with van der Waals surface area (Å²) in [5.74, 6) is -1.23. The molecule has 11 heteroatoms. The Morgan fingerprint density at radius 1 is 1.31 bits per heavy atom. The molecule has 0 fully saturated rings. The Labute approximate surface area is 172 Å². The van der Waals surface area contributed by atoms with E-state index < -0.39 is 12.3 Å². The lowest BCUT2D eigenvalue weighted by atomic mass is 10.1. The fraction of sp³-hybridized carbons (Fsp3) is 0.222. The van der Waals surface area contributed by atoms with Gasteiger partial charge in [0.05, 0.1) is 15.8 Å². The van der Waals surface area contributed by atoms with Crippen molar-refractivity contribution < 1.29 is 27.8 Å². The molecule has 0 radical (unpaired) electrons. The molecule has 3 rings (SSSR count). The quantitative estimate of drug-likeness (QED) is 0.586. The summed E-state index contributed by atoms with van der Waals surface area (Å²) in [6.07, 6.45) is -4.80. The average Bonchev–Trinajstić information content (AvgIpc) is 2.97. The van der Waals surface area contributed by atoms with Crippen molar-refractivity contribution in [2.24, 2.45) is 0 Å². The Balaban J connectivity index is 1.85. The van der Waals surface area contributed by atoms with Gasteiger partial charge in [-0.2, -0.15) is 0 Å². The molecule has 0 bridgehead atoms. The number of nitrogens with one attached hydrogen (secondary N) is 1. The van der Waals surface area contributed by atoms with Gasteiger partial charge in [0.1, 0.15) is 11.5 Å². The Morgan fingerprint density at radius 2 is 2.03 bits per heavy atom. The molecule has 1 amide bonds. The number of nitrogens with zero attached hydrogens (tertiary/aromatic N) is 2. The number of carbonyl (C=O) groups is 1. The van der Waals surface area contributed by atoms with Gasteiger partial charge in [-0.1, -0.05) is 22.9 Å². The van der Waals surface area contributed by atoms with Crippen LogP contribution in [0.1, 0.15) is 15.9 Å². The normalized spacial score (nSPS) is 11.8. The number of amides is 1. The molecule has 6 nitrogen and oxygen atoms in total. The predicted molar refractivity (Wildman–Crippen MR) is 105 cm³/mol. The number of aromatic nitrogens is 1. The molecule has 3 aromatic rings. The van der Waals surface area contributed by atoms with E-state index in [1.807, 2.05) is 0 Å². The number of halogens is 4. The molecule has 0 aliphatic carbocycles. The van der Waals surface area contributed by atoms with E-state index in [1.54, 1.807) is 25.1 Å². The maximum Gasteiger partial charge on any atom is 0.573 e. The van der Waals surface area contributed by atoms with E-state index >= 15 is 0 Å². The first kappa shape index (κ1) is 21.2. The molecule has 154 valence electrons. The van der Waals surface area contributed by atoms with Gasteiger partial charge in [-0.05, 0) is 38.4 Å². The van der Waals surface area contributed by atoms with Crippen LogP contribution in [0.15, 0.2) is 30.3 Å². The van der Waals surface area contributed by atoms with E-state index in [0.29, 0.717) is 22.3 Å². The van der Waals surface area contributed by atoms with Crippen LogP contribution in [-0.2, 0) is 6.54 Å². The van der Waals surface area contributed by atoms with Crippen LogP contribution < -0.4 is 10.1 Å². The van der Waals surface area contributed by atoms with Crippen molar-refractivity contribution >= 4 is 44.2 Å². The minimum Gasteiger partial charge on any atom is -0.507 e. The second kappa shape index (κ2) is 8.05. The van der Waals surface area contributed by atoms with Gasteiger partial charge in [0, 0.05) is 23.2 Å². The lowest BCUT2D eigenvalue weighted by molar-refractivity contribution is -0.274. The second-order valence-electron chi connectivity index (χ2n) is 6.35. The molecule has 0 atom stereocenters. The number of alkyl halides is 3. The van der Waals surface area contributed by atoms with Crippen molar-refractivity contribution in [2.75, 3.05) is 19.4 Å². The van der Waals surface area contributed by atoms with E-state index in [1.165, 1.54) is 18.2 Å². The third-order valence-corrected chi connectivity index (χ3v) is 4.85. The number of hydrogen-bond acceptors (Lipinski definition) is 6. The number of aromatic hydroxyl groups is 1. The summed E-state index contributed by atoms with van der Waals surface area (Å²) in [7, 11) is 3.61. The highest BCUT2D eigenvalue weighted by Crippen LogP contribution is 2.33. The lowest BCUT2D eigenvalue weighted by Gasteiger charge is -2.14. The summed E-state index contributed by atoms with van der Waals surface area (Å²) in [5, 5.41) is 13.4. The van der Waals surface area contributed by atoms with Gasteiger partial charge in [0.25, 0.3) is 5.91 Å². The average molecular weight is 446 g/mol. The number of fused-ring (bicyclic) bond motifs is 1. The molecule has 29 heavy (non-hydrogen) atoms. The van der Waals surface area contributed by atoms with Crippen LogP contribution in [0, 0.1) is 0 Å². The van der Waals surface area contributed by atoms with E-state index in [-0.39, 0.29) is 27.2 Å². The van der Waals surface area contributed by atoms with Crippen LogP contribution in [0.2, 0.25) is 5.02 Å². The van der Waals surface area contributed by atoms with Crippen molar-refractivity contribution in [3.8, 4) is 11.5 Å². The van der Waals surface area contributed by atoms with Crippen molar-refractivity contribution in [1.82, 2.24) is 9.88 Å². The zero-order valence-corrected chi connectivity index (χ0v) is 16.7. The van der Waals surface area contributed by atoms with Crippen molar-refractivity contribution in [2.45, 2.75) is 12.9 Å². The van der Waals surface area contributed by atoms with Gasteiger partial charge in [-0.3, -0.25) is 10.1 Å². The van der Waals surface area contributed by atoms with Gasteiger partial charge in [0.2, 0.25) is 0 Å². The molecule has 2 N–H and O–H groups in total. The predicted octanol–water partition coefficient (Wildman–Crippen LogP) is 4.87. The fourth-order valence-electron chi connectivity index (χ4n) is 2.61. The van der Waals surface area contributed by atoms with Gasteiger partial charge in [0.15, 0.2) is 5.13 Å². The largest absolute Gasteiger partial charge is 0.573 e. The summed E-state index contributed by atoms with van der Waals surface area (Å²) >= 11 is 7.03. The standard InChI is InChI=1S/C18H15ClF3N3O3S/c1-25(2)8-9-5-10(19)6-12(15(9)26)16(27)24-17-23-13-4-3-11(7-14(13)29-17)28-18(20,21)22/h3-7,26H,8H2,1-2H3,(H,23,24,27). The van der Waals surface area contributed by atoms with Crippen molar-refractivity contribution in [3.63, 3.8) is 0 Å². The molecule has 0 spiro atoms. The molecule has 0 aliphatic rings. The van der Waals surface area contributed by atoms with E-state index in [4.69, 9.17) is 11.6 Å². The molecule has 0 saturated heterocycles. The molecule has 1 aromatic heterocycles. The van der Waals surface area contributed by atoms with E-state index in [0.717, 1.165) is 17.4 Å². The maximum atomic E-state index is 12.6. The minimum atomic E-state index is -4.80. The molecule has 2 aromatic carbocycles. The molecule has 0 aliphatic heterocycles. The summed E-state index contributed by atoms with van der Waals surface area (Å²) in [6.45, 7) is 0.371. The van der Waals surface area contributed by atoms with Crippen molar-refractivity contribution in [3.05, 3.63) is 46.5 Å². The Kier molecular flexibility index (Phi) is 5.87. The number of benzene rings is 2. The van der Waals surface area contributed by atoms with Gasteiger partial charge >= 0.3 is 6.36 Å². The topological polar surface area (TPSA) is 74.7 Å². The van der Waals surface area contributed by atoms with Crippen LogP contribution in [0.3, 0.4) is 0 Å². The number of anilines is 1. The molecular formula is C18H15ClF3N3O3S. The lowest BCUT2D eigenvalue weighted by Crippen LogP contribution is -2.16. The summed E-state index contributed by atoms with van der Waals surface area (Å²) in [4.78, 5) is 18.6. The first-order valence-electron chi connectivity index (χ1n) is 8.15. The van der Waals surface area contributed by atoms with Crippen molar-refractivity contribution in [1.29, 1.82) is 0 Å². The molecular weight excluding hydrogens is 431 g/mol. The maximum absolute atomic E-state index is 12.6. The zero-order chi connectivity index (χ0) is 21.3. The zero-order valence-electron chi connectivity index (χ0n) is 15.2. The summed E-state index contributed by atoms with van der Waals surface area (Å²) in [6, 6.07) is 6.57. The van der Waals surface area contributed by atoms with Crippen LogP contribution in [0.4, 0.5) is 18.3 Å². The second-order valence-corrected chi connectivity index (χ2v) is 7.82. The number of phenols is 1. The minimum absolute atomic E-state index is 0.0327. The van der Waals surface area contributed by atoms with Crippen LogP contribution in [0.25, 0.3) is 10.2 Å². The van der Waals surface area contributed by atoms with E-state index in [2.05, 4.69) is 15.0 Å². The van der Waals surface area contributed by atoms with Crippen LogP contribution in [0.5, 0.6) is 11.5 Å². The third kappa shape index (κ3) is 5.28. The van der Waals surface area contributed by atoms with Crippen LogP contribution in [-0.4, -0.2) is 41.4 Å². The number of ether oxygens (including phenoxy) is 1. The number of rotatable bonds is 5. The molecule has 0 saturated carbocycles. The number of carbonyl (C=O) groups excluding carboxylic acids is 1. The highest BCUT2D eigenvalue weighted by molar-refractivity contribution is 7.22. The summed E-state index contributed by atoms with van der Waals surface area (Å²) < 4.78 is 41.4. The first-order valence-corrected chi connectivity index (χ1v) is 9.35. The number of thiazole rings is 1. The third-order valence-electron chi connectivity index (χ3n) is 3.70. The van der Waals surface area contributed by atoms with Gasteiger partial charge < -0.3 is 14.7 Å². The van der Waals surface area contributed by atoms with Gasteiger partial charge in [-0.25, -0.2) is 4.98 Å². The Morgan fingerprint density at radius 3 is 2.69 bits per heavy atom. The first-order chi connectivity index (χ1) is 13.5. The number of hydrogen-bond donors (Lipinski definition) is 2. The monoisotopic (exact) mass is 445 g/mol. The smallest absolute Gasteiger partial charge is 0.507 e. The highest BCUT2D eigenvalue weighted by Gasteiger charge is 2.31. The van der Waals surface area contributed by atoms with Crippen LogP contribution >= 0.6 is 22.9 Å². The number of phenolic OH excluding ortho intramolecular Hbond substituents is 1. The molecule has 0 unspecified atom stereocenters. The Hall–Kier alpha value is -2.56. The fourth-order valence-corrected chi connectivity index (χ4v) is 3.74. The van der Waals surface area contributed by atoms with E-state index in [9.17, 15) is 23.1 Å². The molecule has 1 heterocycles.